The summed E-state index contributed by atoms with van der Waals surface area (Å²) in [6.45, 7) is 0. The van der Waals surface area contributed by atoms with Gasteiger partial charge in [-0.1, -0.05) is 0 Å². The van der Waals surface area contributed by atoms with Crippen LogP contribution >= 0.6 is 16.1 Å². The molecule has 0 saturated heterocycles. The zero-order valence-corrected chi connectivity index (χ0v) is 6.64. The van der Waals surface area contributed by atoms with Crippen LogP contribution < -0.4 is 17.1 Å². The predicted molar refractivity (Wildman–Crippen MR) is 47.0 cm³/mol. The van der Waals surface area contributed by atoms with Gasteiger partial charge in [0.2, 0.25) is 0 Å². The van der Waals surface area contributed by atoms with Gasteiger partial charge in [-0.05, 0) is 0 Å². The monoisotopic (exact) mass is 249 g/mol. The summed E-state index contributed by atoms with van der Waals surface area (Å²) in [4.78, 5) is 35.0. The summed E-state index contributed by atoms with van der Waals surface area (Å²) < 4.78 is 0.578. The Kier molecular flexibility index (Phi) is 6.58. The second-order valence-corrected chi connectivity index (χ2v) is 2.18. The van der Waals surface area contributed by atoms with Crippen molar-refractivity contribution in [2.45, 2.75) is 0 Å². The van der Waals surface area contributed by atoms with E-state index in [-0.39, 0.29) is 35.0 Å². The van der Waals surface area contributed by atoms with Gasteiger partial charge < -0.3 is 5.48 Å². The molecule has 0 aliphatic rings. The van der Waals surface area contributed by atoms with Crippen LogP contribution in [0.15, 0.2) is 14.4 Å². The SMILES string of the molecule is O.O=c1[nH]c(=O)n(Br)c(=O)[nH]1.[NaH]. The third kappa shape index (κ3) is 3.07. The third-order valence-corrected chi connectivity index (χ3v) is 1.44. The first-order chi connectivity index (χ1) is 4.61. The van der Waals surface area contributed by atoms with Crippen molar-refractivity contribution in [1.29, 1.82) is 0 Å². The van der Waals surface area contributed by atoms with E-state index < -0.39 is 17.1 Å². The van der Waals surface area contributed by atoms with E-state index in [4.69, 9.17) is 0 Å². The van der Waals surface area contributed by atoms with Crippen molar-refractivity contribution in [3.63, 3.8) is 0 Å². The molecule has 9 heteroatoms. The van der Waals surface area contributed by atoms with Crippen LogP contribution in [0, 0.1) is 0 Å². The predicted octanol–water partition coefficient (Wildman–Crippen LogP) is -3.09. The number of aromatic nitrogens is 3. The zero-order chi connectivity index (χ0) is 7.72. The summed E-state index contributed by atoms with van der Waals surface area (Å²) in [5.74, 6) is 0. The molecule has 12 heavy (non-hydrogen) atoms. The summed E-state index contributed by atoms with van der Waals surface area (Å²) in [6, 6.07) is 0. The average molecular weight is 250 g/mol. The molecule has 0 saturated carbocycles. The van der Waals surface area contributed by atoms with Crippen molar-refractivity contribution >= 4 is 45.7 Å². The van der Waals surface area contributed by atoms with Gasteiger partial charge in [0, 0.05) is 0 Å². The number of halogens is 1. The van der Waals surface area contributed by atoms with Gasteiger partial charge in [0.05, 0.1) is 16.1 Å². The number of rotatable bonds is 0. The number of nitrogens with zero attached hydrogens (tertiary/aromatic N) is 1. The maximum atomic E-state index is 10.5. The molecule has 0 bridgehead atoms. The molecule has 1 rings (SSSR count). The number of hydrogen-bond acceptors (Lipinski definition) is 3. The fourth-order valence-electron chi connectivity index (χ4n) is 0.416. The van der Waals surface area contributed by atoms with Gasteiger partial charge in [-0.25, -0.2) is 14.4 Å². The van der Waals surface area contributed by atoms with Crippen LogP contribution in [0.4, 0.5) is 0 Å². The Hall–Kier alpha value is -0.150. The van der Waals surface area contributed by atoms with Crippen molar-refractivity contribution in [1.82, 2.24) is 13.6 Å². The Labute approximate surface area is 95.8 Å². The summed E-state index contributed by atoms with van der Waals surface area (Å²) in [6.07, 6.45) is 0. The molecule has 1 aromatic heterocycles. The second kappa shape index (κ2) is 5.49. The standard InChI is InChI=1S/C3H2BrN3O3.Na.H2O.H/c4-7-2(9)5-1(8)6-3(7)10;;;/h(H2,5,6,8,9,10);;1H2;. The van der Waals surface area contributed by atoms with E-state index in [0.717, 1.165) is 0 Å². The molecule has 0 atom stereocenters. The van der Waals surface area contributed by atoms with Crippen LogP contribution in [-0.4, -0.2) is 48.6 Å². The first-order valence-electron chi connectivity index (χ1n) is 2.23. The molecule has 0 aromatic carbocycles. The summed E-state index contributed by atoms with van der Waals surface area (Å²) >= 11 is 2.60. The molecule has 0 spiro atoms. The van der Waals surface area contributed by atoms with Gasteiger partial charge in [-0.2, -0.15) is 3.59 Å². The zero-order valence-electron chi connectivity index (χ0n) is 5.05. The molecule has 0 aliphatic heterocycles. The fourth-order valence-corrected chi connectivity index (χ4v) is 0.593. The molecule has 7 nitrogen and oxygen atoms in total. The molecule has 0 radical (unpaired) electrons. The van der Waals surface area contributed by atoms with E-state index in [2.05, 4.69) is 16.1 Å². The van der Waals surface area contributed by atoms with Crippen LogP contribution in [0.25, 0.3) is 0 Å². The van der Waals surface area contributed by atoms with E-state index in [1.54, 1.807) is 0 Å². The Bertz CT molecular complexity index is 371. The van der Waals surface area contributed by atoms with E-state index in [1.165, 1.54) is 0 Å². The average Bonchev–Trinajstić information content (AvgIpc) is 1.82. The molecule has 1 heterocycles. The number of H-pyrrole nitrogens is 2. The number of aromatic amines is 2. The molecule has 0 aliphatic carbocycles. The molecule has 1 aromatic rings. The normalized spacial score (nSPS) is 8.08. The van der Waals surface area contributed by atoms with Crippen LogP contribution in [0.1, 0.15) is 0 Å². The van der Waals surface area contributed by atoms with Crippen molar-refractivity contribution in [2.75, 3.05) is 0 Å². The van der Waals surface area contributed by atoms with Gasteiger partial charge in [0.1, 0.15) is 0 Å². The molecule has 0 unspecified atom stereocenters. The van der Waals surface area contributed by atoms with Gasteiger partial charge in [0.25, 0.3) is 0 Å². The molecular weight excluding hydrogens is 245 g/mol. The minimum atomic E-state index is -0.814. The van der Waals surface area contributed by atoms with E-state index in [0.29, 0.717) is 3.59 Å². The molecular formula is C3H5BrN3NaO4. The quantitative estimate of drug-likeness (QED) is 0.475. The van der Waals surface area contributed by atoms with Crippen molar-refractivity contribution < 1.29 is 5.48 Å². The summed E-state index contributed by atoms with van der Waals surface area (Å²) in [5.41, 5.74) is -2.41. The Balaban J connectivity index is 0. The van der Waals surface area contributed by atoms with Crippen LogP contribution in [-0.2, 0) is 0 Å². The molecule has 0 amide bonds. The molecule has 0 fully saturated rings. The van der Waals surface area contributed by atoms with Gasteiger partial charge in [0.15, 0.2) is 0 Å². The maximum absolute atomic E-state index is 10.5. The fraction of sp³-hybridized carbons (Fsp3) is 0. The van der Waals surface area contributed by atoms with Crippen LogP contribution in [0.2, 0.25) is 0 Å². The molecule has 4 N–H and O–H groups in total. The molecule has 64 valence electrons. The van der Waals surface area contributed by atoms with E-state index in [1.807, 2.05) is 9.97 Å². The van der Waals surface area contributed by atoms with E-state index in [9.17, 15) is 14.4 Å². The van der Waals surface area contributed by atoms with Crippen LogP contribution in [0.3, 0.4) is 0 Å². The van der Waals surface area contributed by atoms with Gasteiger partial charge >= 0.3 is 46.6 Å². The summed E-state index contributed by atoms with van der Waals surface area (Å²) in [7, 11) is 0. The van der Waals surface area contributed by atoms with Crippen molar-refractivity contribution in [2.24, 2.45) is 0 Å². The Morgan fingerprint density at radius 3 is 1.75 bits per heavy atom. The second-order valence-electron chi connectivity index (χ2n) is 1.47. The van der Waals surface area contributed by atoms with Crippen molar-refractivity contribution in [3.05, 3.63) is 31.5 Å². The number of nitrogens with one attached hydrogen (secondary N) is 2. The first-order valence-corrected chi connectivity index (χ1v) is 2.94. The first kappa shape index (κ1) is 14.4. The summed E-state index contributed by atoms with van der Waals surface area (Å²) in [5, 5.41) is 0. The third-order valence-electron chi connectivity index (χ3n) is 0.798. The Morgan fingerprint density at radius 2 is 1.42 bits per heavy atom. The van der Waals surface area contributed by atoms with E-state index >= 15 is 0 Å². The van der Waals surface area contributed by atoms with Gasteiger partial charge in [-0.15, -0.1) is 0 Å². The van der Waals surface area contributed by atoms with Crippen molar-refractivity contribution in [3.8, 4) is 0 Å². The minimum absolute atomic E-state index is 0. The number of hydrogen-bond donors (Lipinski definition) is 2. The Morgan fingerprint density at radius 1 is 1.08 bits per heavy atom. The van der Waals surface area contributed by atoms with Crippen LogP contribution in [0.5, 0.6) is 0 Å². The topological polar surface area (TPSA) is 119 Å². The van der Waals surface area contributed by atoms with Gasteiger partial charge in [-0.3, -0.25) is 9.97 Å².